The first-order valence-corrected chi connectivity index (χ1v) is 15.3. The number of nitrogens with one attached hydrogen (secondary N) is 2. The zero-order chi connectivity index (χ0) is 33.2. The van der Waals surface area contributed by atoms with Crippen molar-refractivity contribution in [2.75, 3.05) is 6.54 Å². The second-order valence-electron chi connectivity index (χ2n) is 11.4. The summed E-state index contributed by atoms with van der Waals surface area (Å²) in [5, 5.41) is 4.97. The van der Waals surface area contributed by atoms with Crippen LogP contribution in [0, 0.1) is 17.7 Å². The monoisotopic (exact) mass is 650 g/mol. The average Bonchev–Trinajstić information content (AvgIpc) is 4.01. The highest BCUT2D eigenvalue weighted by Crippen LogP contribution is 2.40. The number of ether oxygens (including phenoxy) is 2. The van der Waals surface area contributed by atoms with Gasteiger partial charge in [-0.25, -0.2) is 4.39 Å². The molecule has 0 saturated heterocycles. The van der Waals surface area contributed by atoms with E-state index in [9.17, 15) is 27.2 Å². The third-order valence-corrected chi connectivity index (χ3v) is 7.47. The van der Waals surface area contributed by atoms with E-state index in [0.717, 1.165) is 18.0 Å². The molecular formula is C35H34F4N4O4. The molecule has 2 fully saturated rings. The molecule has 2 N–H and O–H groups in total. The lowest BCUT2D eigenvalue weighted by Crippen LogP contribution is -2.46. The van der Waals surface area contributed by atoms with Gasteiger partial charge < -0.3 is 20.1 Å². The van der Waals surface area contributed by atoms with E-state index in [1.165, 1.54) is 49.4 Å². The zero-order valence-corrected chi connectivity index (χ0v) is 25.4. The van der Waals surface area contributed by atoms with Crippen LogP contribution in [0.3, 0.4) is 0 Å². The van der Waals surface area contributed by atoms with Crippen LogP contribution in [-0.4, -0.2) is 40.5 Å². The number of para-hydroxylation sites is 1. The van der Waals surface area contributed by atoms with Crippen LogP contribution in [-0.2, 0) is 13.2 Å². The van der Waals surface area contributed by atoms with Crippen LogP contribution in [0.5, 0.6) is 11.5 Å². The highest BCUT2D eigenvalue weighted by Gasteiger charge is 2.49. The van der Waals surface area contributed by atoms with Gasteiger partial charge in [-0.15, -0.1) is 0 Å². The minimum atomic E-state index is -4.47. The lowest BCUT2D eigenvalue weighted by Gasteiger charge is -2.21. The number of alkyl halides is 3. The van der Waals surface area contributed by atoms with Crippen molar-refractivity contribution in [2.45, 2.75) is 51.1 Å². The summed E-state index contributed by atoms with van der Waals surface area (Å²) in [7, 11) is 0. The number of amides is 2. The Labute approximate surface area is 269 Å². The Kier molecular flexibility index (Phi) is 11.0. The molecule has 0 spiro atoms. The number of hydrogen-bond acceptors (Lipinski definition) is 6. The maximum atomic E-state index is 13.1. The van der Waals surface area contributed by atoms with Crippen molar-refractivity contribution >= 4 is 11.8 Å². The molecule has 2 heterocycles. The standard InChI is InChI=1S/C18H16F4N2O2.C17H18N2O2/c19-13-2-1-3-15(8-13)26-10-14-7-6-12(9-23-14)17(25)24-16(11-4-5-11)18(20,21)22;20-17(19-10-13-6-7-13)14-8-9-15(18-11-14)12-21-16-4-2-1-3-5-16/h1-3,6-9,11,16H,4-5,10H2,(H,24,25);1-5,8-9,11,13H,6-7,10,12H2,(H,19,20). The summed E-state index contributed by atoms with van der Waals surface area (Å²) in [5.74, 6) is -0.0328. The molecule has 0 aliphatic heterocycles. The lowest BCUT2D eigenvalue weighted by molar-refractivity contribution is -0.158. The third kappa shape index (κ3) is 10.8. The van der Waals surface area contributed by atoms with Crippen LogP contribution in [0.1, 0.15) is 57.8 Å². The molecule has 8 nitrogen and oxygen atoms in total. The highest BCUT2D eigenvalue weighted by molar-refractivity contribution is 5.94. The Morgan fingerprint density at radius 2 is 1.36 bits per heavy atom. The molecule has 6 rings (SSSR count). The SMILES string of the molecule is O=C(NC(C1CC1)C(F)(F)F)c1ccc(COc2cccc(F)c2)nc1.O=C(NCC1CC1)c1ccc(COc2ccccc2)nc1. The first-order valence-electron chi connectivity index (χ1n) is 15.3. The first kappa shape index (κ1) is 33.4. The fraction of sp³-hybridized carbons (Fsp3) is 0.314. The smallest absolute Gasteiger partial charge is 0.408 e. The van der Waals surface area contributed by atoms with Crippen LogP contribution >= 0.6 is 0 Å². The fourth-order valence-electron chi connectivity index (χ4n) is 4.46. The van der Waals surface area contributed by atoms with Gasteiger partial charge in [-0.2, -0.15) is 13.2 Å². The Hall–Kier alpha value is -5.00. The Morgan fingerprint density at radius 3 is 1.89 bits per heavy atom. The van der Waals surface area contributed by atoms with Crippen molar-refractivity contribution in [2.24, 2.45) is 11.8 Å². The Balaban J connectivity index is 0.000000189. The number of pyridine rings is 2. The minimum absolute atomic E-state index is 0.0365. The first-order chi connectivity index (χ1) is 22.6. The largest absolute Gasteiger partial charge is 0.487 e. The molecule has 2 aromatic heterocycles. The average molecular weight is 651 g/mol. The van der Waals surface area contributed by atoms with Gasteiger partial charge >= 0.3 is 6.18 Å². The van der Waals surface area contributed by atoms with Crippen LogP contribution in [0.4, 0.5) is 17.6 Å². The van der Waals surface area contributed by atoms with Crippen molar-refractivity contribution in [3.8, 4) is 11.5 Å². The molecule has 0 radical (unpaired) electrons. The molecule has 2 aliphatic rings. The van der Waals surface area contributed by atoms with E-state index >= 15 is 0 Å². The van der Waals surface area contributed by atoms with Gasteiger partial charge in [0.05, 0.1) is 22.5 Å². The summed E-state index contributed by atoms with van der Waals surface area (Å²) in [6.45, 7) is 1.21. The van der Waals surface area contributed by atoms with Gasteiger partial charge in [0.15, 0.2) is 0 Å². The molecule has 4 aromatic rings. The summed E-state index contributed by atoms with van der Waals surface area (Å²) >= 11 is 0. The summed E-state index contributed by atoms with van der Waals surface area (Å²) in [6.07, 6.45) is 1.70. The van der Waals surface area contributed by atoms with E-state index in [-0.39, 0.29) is 18.1 Å². The summed E-state index contributed by atoms with van der Waals surface area (Å²) in [5.41, 5.74) is 1.89. The Bertz CT molecular complexity index is 1610. The van der Waals surface area contributed by atoms with Gasteiger partial charge in [0.1, 0.15) is 36.6 Å². The van der Waals surface area contributed by atoms with E-state index < -0.39 is 29.9 Å². The molecule has 1 unspecified atom stereocenters. The molecule has 1 atom stereocenters. The molecular weight excluding hydrogens is 616 g/mol. The number of rotatable bonds is 12. The van der Waals surface area contributed by atoms with Crippen LogP contribution in [0.25, 0.3) is 0 Å². The van der Waals surface area contributed by atoms with Crippen molar-refractivity contribution < 1.29 is 36.6 Å². The fourth-order valence-corrected chi connectivity index (χ4v) is 4.46. The number of nitrogens with zero attached hydrogens (tertiary/aromatic N) is 2. The third-order valence-electron chi connectivity index (χ3n) is 7.47. The minimum Gasteiger partial charge on any atom is -0.487 e. The van der Waals surface area contributed by atoms with Gasteiger partial charge in [0.2, 0.25) is 0 Å². The van der Waals surface area contributed by atoms with Crippen molar-refractivity contribution in [3.05, 3.63) is 120 Å². The van der Waals surface area contributed by atoms with Crippen molar-refractivity contribution in [1.82, 2.24) is 20.6 Å². The second-order valence-corrected chi connectivity index (χ2v) is 11.4. The zero-order valence-electron chi connectivity index (χ0n) is 25.4. The quantitative estimate of drug-likeness (QED) is 0.166. The summed E-state index contributed by atoms with van der Waals surface area (Å²) in [4.78, 5) is 32.2. The van der Waals surface area contributed by atoms with Crippen LogP contribution in [0.2, 0.25) is 0 Å². The number of carbonyl (C=O) groups excluding carboxylic acids is 2. The number of carbonyl (C=O) groups is 2. The van der Waals surface area contributed by atoms with Crippen molar-refractivity contribution in [1.29, 1.82) is 0 Å². The molecule has 2 aliphatic carbocycles. The number of benzene rings is 2. The molecule has 2 amide bonds. The van der Waals surface area contributed by atoms with Gasteiger partial charge in [-0.1, -0.05) is 24.3 Å². The van der Waals surface area contributed by atoms with E-state index in [0.29, 0.717) is 42.4 Å². The van der Waals surface area contributed by atoms with Gasteiger partial charge in [0, 0.05) is 25.0 Å². The van der Waals surface area contributed by atoms with E-state index in [1.54, 1.807) is 18.3 Å². The molecule has 12 heteroatoms. The molecule has 47 heavy (non-hydrogen) atoms. The van der Waals surface area contributed by atoms with Gasteiger partial charge in [-0.3, -0.25) is 19.6 Å². The number of halogens is 4. The predicted molar refractivity (Wildman–Crippen MR) is 165 cm³/mol. The second kappa shape index (κ2) is 15.5. The maximum Gasteiger partial charge on any atom is 0.408 e. The van der Waals surface area contributed by atoms with Crippen LogP contribution < -0.4 is 20.1 Å². The summed E-state index contributed by atoms with van der Waals surface area (Å²) < 4.78 is 63.0. The van der Waals surface area contributed by atoms with E-state index in [1.807, 2.05) is 41.7 Å². The normalized spacial score (nSPS) is 14.6. The predicted octanol–water partition coefficient (Wildman–Crippen LogP) is 6.67. The molecule has 0 bridgehead atoms. The van der Waals surface area contributed by atoms with Crippen molar-refractivity contribution in [3.63, 3.8) is 0 Å². The Morgan fingerprint density at radius 1 is 0.766 bits per heavy atom. The van der Waals surface area contributed by atoms with E-state index in [2.05, 4.69) is 15.3 Å². The van der Waals surface area contributed by atoms with Gasteiger partial charge in [0.25, 0.3) is 11.8 Å². The van der Waals surface area contributed by atoms with Crippen LogP contribution in [0.15, 0.2) is 91.3 Å². The number of hydrogen-bond donors (Lipinski definition) is 2. The van der Waals surface area contributed by atoms with E-state index in [4.69, 9.17) is 9.47 Å². The maximum absolute atomic E-state index is 13.1. The molecule has 2 saturated carbocycles. The van der Waals surface area contributed by atoms with Gasteiger partial charge in [-0.05, 0) is 86.1 Å². The lowest BCUT2D eigenvalue weighted by atomic mass is 10.1. The number of aromatic nitrogens is 2. The molecule has 246 valence electrons. The highest BCUT2D eigenvalue weighted by atomic mass is 19.4. The topological polar surface area (TPSA) is 102 Å². The summed E-state index contributed by atoms with van der Waals surface area (Å²) in [6, 6.07) is 19.8. The molecule has 2 aromatic carbocycles.